The summed E-state index contributed by atoms with van der Waals surface area (Å²) in [4.78, 5) is 11.7. The average Bonchev–Trinajstić information content (AvgIpc) is 2.50. The Hall–Kier alpha value is -1.32. The molecule has 1 aromatic heterocycles. The molecule has 0 atom stereocenters. The Balaban J connectivity index is 2.66. The molecule has 4 heteroatoms. The number of carbonyl (C=O) groups excluding carboxylic acids is 1. The highest BCUT2D eigenvalue weighted by molar-refractivity contribution is 5.92. The van der Waals surface area contributed by atoms with Gasteiger partial charge in [0.05, 0.1) is 0 Å². The smallest absolute Gasteiger partial charge is 0.272 e. The van der Waals surface area contributed by atoms with Crippen molar-refractivity contribution in [3.63, 3.8) is 0 Å². The van der Waals surface area contributed by atoms with Crippen LogP contribution in [0.1, 0.15) is 50.3 Å². The number of aryl methyl sites for hydroxylation is 1. The third-order valence-corrected chi connectivity index (χ3v) is 1.87. The van der Waals surface area contributed by atoms with Crippen LogP contribution >= 0.6 is 0 Å². The molecule has 15 heavy (non-hydrogen) atoms. The zero-order valence-corrected chi connectivity index (χ0v) is 9.85. The third-order valence-electron chi connectivity index (χ3n) is 1.87. The van der Waals surface area contributed by atoms with E-state index in [0.717, 1.165) is 18.5 Å². The molecule has 0 aromatic carbocycles. The van der Waals surface area contributed by atoms with Crippen LogP contribution in [-0.2, 0) is 6.42 Å². The molecule has 1 rings (SSSR count). The topological polar surface area (TPSA) is 57.8 Å². The van der Waals surface area contributed by atoms with E-state index in [-0.39, 0.29) is 11.4 Å². The summed E-state index contributed by atoms with van der Waals surface area (Å²) in [5, 5.41) is 9.71. The monoisotopic (exact) mass is 209 g/mol. The molecule has 4 nitrogen and oxygen atoms in total. The Morgan fingerprint density at radius 1 is 1.53 bits per heavy atom. The molecule has 0 fully saturated rings. The predicted octanol–water partition coefficient (Wildman–Crippen LogP) is 1.89. The van der Waals surface area contributed by atoms with E-state index in [4.69, 9.17) is 0 Å². The number of H-pyrrole nitrogens is 1. The lowest BCUT2D eigenvalue weighted by molar-refractivity contribution is 0.0914. The number of rotatable bonds is 3. The summed E-state index contributed by atoms with van der Waals surface area (Å²) in [7, 11) is 0. The Kier molecular flexibility index (Phi) is 3.50. The van der Waals surface area contributed by atoms with E-state index in [1.807, 2.05) is 26.8 Å². The van der Waals surface area contributed by atoms with Gasteiger partial charge in [0.2, 0.25) is 0 Å². The number of nitrogens with zero attached hydrogens (tertiary/aromatic N) is 1. The minimum Gasteiger partial charge on any atom is -0.346 e. The summed E-state index contributed by atoms with van der Waals surface area (Å²) in [6.07, 6.45) is 1.97. The fourth-order valence-electron chi connectivity index (χ4n) is 1.28. The van der Waals surface area contributed by atoms with Crippen molar-refractivity contribution < 1.29 is 4.79 Å². The number of hydrogen-bond acceptors (Lipinski definition) is 2. The summed E-state index contributed by atoms with van der Waals surface area (Å²) < 4.78 is 0. The van der Waals surface area contributed by atoms with Gasteiger partial charge in [0.15, 0.2) is 0 Å². The Morgan fingerprint density at radius 3 is 2.73 bits per heavy atom. The molecule has 1 amide bonds. The molecule has 84 valence electrons. The van der Waals surface area contributed by atoms with Crippen LogP contribution in [0.2, 0.25) is 0 Å². The minimum absolute atomic E-state index is 0.124. The summed E-state index contributed by atoms with van der Waals surface area (Å²) in [6, 6.07) is 1.81. The maximum atomic E-state index is 11.7. The van der Waals surface area contributed by atoms with Crippen LogP contribution in [-0.4, -0.2) is 21.6 Å². The predicted molar refractivity (Wildman–Crippen MR) is 59.8 cm³/mol. The normalized spacial score (nSPS) is 11.5. The molecule has 0 radical (unpaired) electrons. The van der Waals surface area contributed by atoms with Gasteiger partial charge in [-0.2, -0.15) is 5.10 Å². The van der Waals surface area contributed by atoms with Gasteiger partial charge in [0.25, 0.3) is 5.91 Å². The fourth-order valence-corrected chi connectivity index (χ4v) is 1.28. The Bertz CT molecular complexity index is 336. The van der Waals surface area contributed by atoms with Crippen LogP contribution < -0.4 is 5.32 Å². The van der Waals surface area contributed by atoms with Gasteiger partial charge in [-0.1, -0.05) is 13.3 Å². The standard InChI is InChI=1S/C11H19N3O/c1-5-6-8-7-9(14-13-8)10(15)12-11(2,3)4/h7H,5-6H2,1-4H3,(H,12,15)(H,13,14). The average molecular weight is 209 g/mol. The lowest BCUT2D eigenvalue weighted by atomic mass is 10.1. The van der Waals surface area contributed by atoms with Crippen LogP contribution in [0, 0.1) is 0 Å². The van der Waals surface area contributed by atoms with Crippen LogP contribution in [0.15, 0.2) is 6.07 Å². The lowest BCUT2D eigenvalue weighted by Gasteiger charge is -2.19. The fraction of sp³-hybridized carbons (Fsp3) is 0.636. The molecule has 0 aliphatic rings. The second kappa shape index (κ2) is 4.47. The van der Waals surface area contributed by atoms with Crippen molar-refractivity contribution in [1.82, 2.24) is 15.5 Å². The maximum absolute atomic E-state index is 11.7. The van der Waals surface area contributed by atoms with Crippen LogP contribution in [0.5, 0.6) is 0 Å². The van der Waals surface area contributed by atoms with Crippen LogP contribution in [0.3, 0.4) is 0 Å². The van der Waals surface area contributed by atoms with Crippen molar-refractivity contribution in [2.45, 2.75) is 46.1 Å². The first kappa shape index (κ1) is 11.8. The summed E-state index contributed by atoms with van der Waals surface area (Å²) >= 11 is 0. The zero-order chi connectivity index (χ0) is 11.5. The second-order valence-electron chi connectivity index (χ2n) is 4.73. The van der Waals surface area contributed by atoms with Crippen LogP contribution in [0.25, 0.3) is 0 Å². The molecule has 1 aromatic rings. The van der Waals surface area contributed by atoms with Gasteiger partial charge in [0.1, 0.15) is 5.69 Å². The summed E-state index contributed by atoms with van der Waals surface area (Å²) in [5.74, 6) is -0.124. The Morgan fingerprint density at radius 2 is 2.20 bits per heavy atom. The van der Waals surface area contributed by atoms with E-state index in [9.17, 15) is 4.79 Å². The second-order valence-corrected chi connectivity index (χ2v) is 4.73. The molecule has 0 spiro atoms. The van der Waals surface area contributed by atoms with E-state index in [0.29, 0.717) is 5.69 Å². The molecule has 0 aliphatic carbocycles. The SMILES string of the molecule is CCCc1cc(C(=O)NC(C)(C)C)n[nH]1. The molecule has 0 saturated carbocycles. The first-order valence-corrected chi connectivity index (χ1v) is 5.29. The summed E-state index contributed by atoms with van der Waals surface area (Å²) in [5.41, 5.74) is 1.26. The molecule has 0 unspecified atom stereocenters. The highest BCUT2D eigenvalue weighted by Gasteiger charge is 2.17. The highest BCUT2D eigenvalue weighted by atomic mass is 16.2. The van der Waals surface area contributed by atoms with Gasteiger partial charge in [-0.25, -0.2) is 0 Å². The number of aromatic nitrogens is 2. The largest absolute Gasteiger partial charge is 0.346 e. The molecule has 0 aliphatic heterocycles. The van der Waals surface area contributed by atoms with Gasteiger partial charge >= 0.3 is 0 Å². The number of amides is 1. The van der Waals surface area contributed by atoms with Crippen LogP contribution in [0.4, 0.5) is 0 Å². The van der Waals surface area contributed by atoms with Crippen molar-refractivity contribution >= 4 is 5.91 Å². The van der Waals surface area contributed by atoms with E-state index in [2.05, 4.69) is 22.4 Å². The Labute approximate surface area is 90.5 Å². The van der Waals surface area contributed by atoms with Crippen molar-refractivity contribution in [3.8, 4) is 0 Å². The van der Waals surface area contributed by atoms with E-state index >= 15 is 0 Å². The first-order valence-electron chi connectivity index (χ1n) is 5.29. The quantitative estimate of drug-likeness (QED) is 0.798. The van der Waals surface area contributed by atoms with Gasteiger partial charge in [-0.3, -0.25) is 9.89 Å². The van der Waals surface area contributed by atoms with Crippen molar-refractivity contribution in [2.24, 2.45) is 0 Å². The number of carbonyl (C=O) groups is 1. The van der Waals surface area contributed by atoms with Gasteiger partial charge in [0, 0.05) is 11.2 Å². The van der Waals surface area contributed by atoms with Crippen molar-refractivity contribution in [3.05, 3.63) is 17.5 Å². The van der Waals surface area contributed by atoms with E-state index < -0.39 is 0 Å². The lowest BCUT2D eigenvalue weighted by Crippen LogP contribution is -2.40. The number of aromatic amines is 1. The molecule has 0 bridgehead atoms. The zero-order valence-electron chi connectivity index (χ0n) is 9.85. The molecular weight excluding hydrogens is 190 g/mol. The van der Waals surface area contributed by atoms with Crippen molar-refractivity contribution in [1.29, 1.82) is 0 Å². The highest BCUT2D eigenvalue weighted by Crippen LogP contribution is 2.05. The van der Waals surface area contributed by atoms with Gasteiger partial charge in [-0.05, 0) is 33.3 Å². The van der Waals surface area contributed by atoms with Crippen molar-refractivity contribution in [2.75, 3.05) is 0 Å². The molecular formula is C11H19N3O. The third kappa shape index (κ3) is 3.73. The molecule has 1 heterocycles. The van der Waals surface area contributed by atoms with E-state index in [1.165, 1.54) is 0 Å². The summed E-state index contributed by atoms with van der Waals surface area (Å²) in [6.45, 7) is 7.94. The molecule has 0 saturated heterocycles. The van der Waals surface area contributed by atoms with E-state index in [1.54, 1.807) is 0 Å². The van der Waals surface area contributed by atoms with Gasteiger partial charge in [-0.15, -0.1) is 0 Å². The maximum Gasteiger partial charge on any atom is 0.272 e. The first-order chi connectivity index (χ1) is 6.92. The molecule has 2 N–H and O–H groups in total. The number of hydrogen-bond donors (Lipinski definition) is 2. The minimum atomic E-state index is -0.221. The number of nitrogens with one attached hydrogen (secondary N) is 2. The van der Waals surface area contributed by atoms with Gasteiger partial charge < -0.3 is 5.32 Å².